The molecule has 3 N–H and O–H groups in total. The molecule has 0 saturated heterocycles. The van der Waals surface area contributed by atoms with Crippen molar-refractivity contribution in [2.45, 2.75) is 13.0 Å². The molecule has 0 aliphatic rings. The van der Waals surface area contributed by atoms with Gasteiger partial charge in [-0.3, -0.25) is 4.79 Å². The third-order valence-corrected chi connectivity index (χ3v) is 2.55. The van der Waals surface area contributed by atoms with Gasteiger partial charge in [-0.2, -0.15) is 0 Å². The predicted octanol–water partition coefficient (Wildman–Crippen LogP) is 2.07. The summed E-state index contributed by atoms with van der Waals surface area (Å²) in [5.74, 6) is -0.302. The third kappa shape index (κ3) is 3.09. The second kappa shape index (κ2) is 5.35. The summed E-state index contributed by atoms with van der Waals surface area (Å²) in [6.07, 6.45) is 0. The highest BCUT2D eigenvalue weighted by molar-refractivity contribution is 6.39. The molecule has 0 aliphatic carbocycles. The molecule has 1 aromatic carbocycles. The van der Waals surface area contributed by atoms with Crippen LogP contribution in [0.25, 0.3) is 0 Å². The van der Waals surface area contributed by atoms with Crippen LogP contribution in [0.15, 0.2) is 18.2 Å². The van der Waals surface area contributed by atoms with Crippen LogP contribution in [0.4, 0.5) is 0 Å². The van der Waals surface area contributed by atoms with Gasteiger partial charge in [0, 0.05) is 12.6 Å². The Labute approximate surface area is 98.5 Å². The largest absolute Gasteiger partial charge is 0.348 e. The number of rotatable bonds is 3. The Kier molecular flexibility index (Phi) is 4.39. The minimum absolute atomic E-state index is 0.107. The molecule has 82 valence electrons. The van der Waals surface area contributed by atoms with Crippen molar-refractivity contribution in [2.75, 3.05) is 6.54 Å². The number of nitrogens with one attached hydrogen (secondary N) is 1. The second-order valence-corrected chi connectivity index (χ2v) is 4.02. The topological polar surface area (TPSA) is 55.1 Å². The lowest BCUT2D eigenvalue weighted by Crippen LogP contribution is -2.38. The molecule has 1 atom stereocenters. The lowest BCUT2D eigenvalue weighted by atomic mass is 10.2. The first-order valence-corrected chi connectivity index (χ1v) is 5.26. The average molecular weight is 247 g/mol. The van der Waals surface area contributed by atoms with Crippen molar-refractivity contribution >= 4 is 29.1 Å². The first-order chi connectivity index (χ1) is 7.06. The molecule has 5 heteroatoms. The molecule has 1 amide bonds. The van der Waals surface area contributed by atoms with E-state index in [2.05, 4.69) is 5.32 Å². The fourth-order valence-electron chi connectivity index (χ4n) is 1.07. The second-order valence-electron chi connectivity index (χ2n) is 3.21. The molecule has 1 rings (SSSR count). The summed E-state index contributed by atoms with van der Waals surface area (Å²) in [5.41, 5.74) is 5.69. The normalized spacial score (nSPS) is 12.3. The van der Waals surface area contributed by atoms with Gasteiger partial charge >= 0.3 is 0 Å². The molecule has 0 bridgehead atoms. The number of benzene rings is 1. The van der Waals surface area contributed by atoms with E-state index in [0.717, 1.165) is 0 Å². The zero-order chi connectivity index (χ0) is 11.4. The number of nitrogens with two attached hydrogens (primary N) is 1. The van der Waals surface area contributed by atoms with Crippen molar-refractivity contribution in [3.8, 4) is 0 Å². The fourth-order valence-corrected chi connectivity index (χ4v) is 1.64. The molecule has 1 aromatic rings. The van der Waals surface area contributed by atoms with Gasteiger partial charge in [-0.1, -0.05) is 29.3 Å². The molecule has 0 unspecified atom stereocenters. The lowest BCUT2D eigenvalue weighted by Gasteiger charge is -2.12. The van der Waals surface area contributed by atoms with E-state index in [1.807, 2.05) is 6.92 Å². The monoisotopic (exact) mass is 246 g/mol. The maximum Gasteiger partial charge on any atom is 0.254 e. The summed E-state index contributed by atoms with van der Waals surface area (Å²) in [6.45, 7) is 2.18. The van der Waals surface area contributed by atoms with Crippen LogP contribution in [-0.4, -0.2) is 18.5 Å². The van der Waals surface area contributed by atoms with E-state index in [-0.39, 0.29) is 11.9 Å². The van der Waals surface area contributed by atoms with Gasteiger partial charge in [0.25, 0.3) is 5.91 Å². The molecule has 0 fully saturated rings. The molecule has 0 aliphatic heterocycles. The van der Waals surface area contributed by atoms with Crippen molar-refractivity contribution in [1.29, 1.82) is 0 Å². The Balaban J connectivity index is 2.91. The minimum Gasteiger partial charge on any atom is -0.348 e. The summed E-state index contributed by atoms with van der Waals surface area (Å²) >= 11 is 11.7. The molecule has 0 saturated carbocycles. The molecule has 0 radical (unpaired) electrons. The Hall–Kier alpha value is -0.770. The van der Waals surface area contributed by atoms with Crippen LogP contribution in [0.3, 0.4) is 0 Å². The SMILES string of the molecule is C[C@@H](CN)NC(=O)c1c(Cl)cccc1Cl. The lowest BCUT2D eigenvalue weighted by molar-refractivity contribution is 0.0941. The Bertz CT molecular complexity index is 348. The van der Waals surface area contributed by atoms with Gasteiger partial charge in [-0.05, 0) is 19.1 Å². The summed E-state index contributed by atoms with van der Waals surface area (Å²) in [6, 6.07) is 4.82. The number of halogens is 2. The smallest absolute Gasteiger partial charge is 0.254 e. The first-order valence-electron chi connectivity index (χ1n) is 4.51. The number of hydrogen-bond acceptors (Lipinski definition) is 2. The average Bonchev–Trinajstić information content (AvgIpc) is 2.17. The van der Waals surface area contributed by atoms with Crippen LogP contribution < -0.4 is 11.1 Å². The highest BCUT2D eigenvalue weighted by Gasteiger charge is 2.15. The van der Waals surface area contributed by atoms with E-state index in [4.69, 9.17) is 28.9 Å². The van der Waals surface area contributed by atoms with Crippen molar-refractivity contribution in [3.05, 3.63) is 33.8 Å². The fraction of sp³-hybridized carbons (Fsp3) is 0.300. The van der Waals surface area contributed by atoms with Crippen LogP contribution in [0.5, 0.6) is 0 Å². The van der Waals surface area contributed by atoms with Crippen molar-refractivity contribution in [1.82, 2.24) is 5.32 Å². The number of hydrogen-bond donors (Lipinski definition) is 2. The first kappa shape index (κ1) is 12.3. The summed E-state index contributed by atoms with van der Waals surface area (Å²) in [4.78, 5) is 11.7. The van der Waals surface area contributed by atoms with E-state index in [0.29, 0.717) is 22.2 Å². The standard InChI is InChI=1S/C10H12Cl2N2O/c1-6(5-13)14-10(15)9-7(11)3-2-4-8(9)12/h2-4,6H,5,13H2,1H3,(H,14,15)/t6-/m0/s1. The van der Waals surface area contributed by atoms with Crippen molar-refractivity contribution in [2.24, 2.45) is 5.73 Å². The molecular weight excluding hydrogens is 235 g/mol. The number of carbonyl (C=O) groups excluding carboxylic acids is 1. The third-order valence-electron chi connectivity index (χ3n) is 1.92. The van der Waals surface area contributed by atoms with Crippen molar-refractivity contribution < 1.29 is 4.79 Å². The highest BCUT2D eigenvalue weighted by atomic mass is 35.5. The molecule has 0 aromatic heterocycles. The van der Waals surface area contributed by atoms with Gasteiger partial charge in [0.2, 0.25) is 0 Å². The van der Waals surface area contributed by atoms with Crippen LogP contribution in [-0.2, 0) is 0 Å². The van der Waals surface area contributed by atoms with Gasteiger partial charge in [0.05, 0.1) is 15.6 Å². The number of carbonyl (C=O) groups is 1. The zero-order valence-corrected chi connectivity index (χ0v) is 9.77. The predicted molar refractivity (Wildman–Crippen MR) is 62.4 cm³/mol. The van der Waals surface area contributed by atoms with Gasteiger partial charge < -0.3 is 11.1 Å². The minimum atomic E-state index is -0.302. The zero-order valence-electron chi connectivity index (χ0n) is 8.26. The van der Waals surface area contributed by atoms with Gasteiger partial charge in [0.1, 0.15) is 0 Å². The van der Waals surface area contributed by atoms with Crippen LogP contribution in [0, 0.1) is 0 Å². The van der Waals surface area contributed by atoms with Gasteiger partial charge in [0.15, 0.2) is 0 Å². The van der Waals surface area contributed by atoms with E-state index >= 15 is 0 Å². The molecular formula is C10H12Cl2N2O. The highest BCUT2D eigenvalue weighted by Crippen LogP contribution is 2.23. The molecule has 0 spiro atoms. The Morgan fingerprint density at radius 2 is 2.00 bits per heavy atom. The van der Waals surface area contributed by atoms with E-state index in [1.54, 1.807) is 18.2 Å². The summed E-state index contributed by atoms with van der Waals surface area (Å²) in [5, 5.41) is 3.37. The summed E-state index contributed by atoms with van der Waals surface area (Å²) < 4.78 is 0. The van der Waals surface area contributed by atoms with Gasteiger partial charge in [-0.25, -0.2) is 0 Å². The maximum atomic E-state index is 11.7. The molecule has 0 heterocycles. The van der Waals surface area contributed by atoms with E-state index in [9.17, 15) is 4.79 Å². The van der Waals surface area contributed by atoms with Crippen LogP contribution in [0.1, 0.15) is 17.3 Å². The maximum absolute atomic E-state index is 11.7. The van der Waals surface area contributed by atoms with Crippen LogP contribution >= 0.6 is 23.2 Å². The number of amides is 1. The van der Waals surface area contributed by atoms with Gasteiger partial charge in [-0.15, -0.1) is 0 Å². The van der Waals surface area contributed by atoms with E-state index < -0.39 is 0 Å². The molecule has 3 nitrogen and oxygen atoms in total. The summed E-state index contributed by atoms with van der Waals surface area (Å²) in [7, 11) is 0. The Morgan fingerprint density at radius 1 is 1.47 bits per heavy atom. The Morgan fingerprint density at radius 3 is 2.47 bits per heavy atom. The quantitative estimate of drug-likeness (QED) is 0.859. The molecule has 15 heavy (non-hydrogen) atoms. The van der Waals surface area contributed by atoms with E-state index in [1.165, 1.54) is 0 Å². The van der Waals surface area contributed by atoms with Crippen LogP contribution in [0.2, 0.25) is 10.0 Å². The van der Waals surface area contributed by atoms with Crippen molar-refractivity contribution in [3.63, 3.8) is 0 Å².